The summed E-state index contributed by atoms with van der Waals surface area (Å²) < 4.78 is 0.901. The lowest BCUT2D eigenvalue weighted by Crippen LogP contribution is -2.43. The quantitative estimate of drug-likeness (QED) is 0.277. The smallest absolute Gasteiger partial charge is 0.251 e. The minimum atomic E-state index is -0.0619. The number of halogens is 2. The molecule has 5 nitrogen and oxygen atoms in total. The molecule has 1 atom stereocenters. The monoisotopic (exact) mass is 508 g/mol. The van der Waals surface area contributed by atoms with Gasteiger partial charge in [0.15, 0.2) is 5.96 Å². The predicted octanol–water partition coefficient (Wildman–Crippen LogP) is 3.23. The maximum atomic E-state index is 12.0. The Balaban J connectivity index is 0.00000288. The van der Waals surface area contributed by atoms with Crippen LogP contribution in [0.1, 0.15) is 36.5 Å². The van der Waals surface area contributed by atoms with E-state index < -0.39 is 0 Å². The summed E-state index contributed by atoms with van der Waals surface area (Å²) in [4.78, 5) is 18.6. The molecule has 2 rings (SSSR count). The van der Waals surface area contributed by atoms with Crippen LogP contribution in [0.2, 0.25) is 0 Å². The highest BCUT2D eigenvalue weighted by Crippen LogP contribution is 2.15. The van der Waals surface area contributed by atoms with Crippen molar-refractivity contribution in [3.63, 3.8) is 0 Å². The van der Waals surface area contributed by atoms with Crippen molar-refractivity contribution in [2.75, 3.05) is 26.2 Å². The molecule has 0 spiro atoms. The van der Waals surface area contributed by atoms with E-state index in [4.69, 9.17) is 5.73 Å². The van der Waals surface area contributed by atoms with E-state index in [9.17, 15) is 4.79 Å². The first-order valence-corrected chi connectivity index (χ1v) is 8.94. The second kappa shape index (κ2) is 10.9. The molecule has 3 N–H and O–H groups in total. The third-order valence-electron chi connectivity index (χ3n) is 3.96. The number of benzene rings is 1. The number of carbonyl (C=O) groups excluding carboxylic acids is 1. The van der Waals surface area contributed by atoms with Crippen molar-refractivity contribution in [2.45, 2.75) is 26.2 Å². The molecule has 1 unspecified atom stereocenters. The van der Waals surface area contributed by atoms with Gasteiger partial charge in [-0.15, -0.1) is 24.0 Å². The van der Waals surface area contributed by atoms with Crippen LogP contribution in [-0.4, -0.2) is 42.9 Å². The third kappa shape index (κ3) is 6.96. The Labute approximate surface area is 169 Å². The van der Waals surface area contributed by atoms with Gasteiger partial charge in [0.05, 0.1) is 0 Å². The molecule has 0 aromatic heterocycles. The number of aliphatic imine (C=N–C) groups is 1. The summed E-state index contributed by atoms with van der Waals surface area (Å²) in [6.45, 7) is 5.47. The number of carbonyl (C=O) groups is 1. The molecule has 0 radical (unpaired) electrons. The van der Waals surface area contributed by atoms with Gasteiger partial charge >= 0.3 is 0 Å². The van der Waals surface area contributed by atoms with Gasteiger partial charge in [-0.1, -0.05) is 28.9 Å². The van der Waals surface area contributed by atoms with Crippen LogP contribution in [-0.2, 0) is 0 Å². The number of nitrogens with one attached hydrogen (secondary N) is 1. The third-order valence-corrected chi connectivity index (χ3v) is 4.46. The summed E-state index contributed by atoms with van der Waals surface area (Å²) in [7, 11) is 0. The fourth-order valence-electron chi connectivity index (χ4n) is 2.70. The average molecular weight is 509 g/mol. The van der Waals surface area contributed by atoms with Gasteiger partial charge in [-0.2, -0.15) is 0 Å². The molecule has 0 aliphatic carbocycles. The van der Waals surface area contributed by atoms with Gasteiger partial charge in [0.25, 0.3) is 5.91 Å². The summed E-state index contributed by atoms with van der Waals surface area (Å²) in [5.41, 5.74) is 6.70. The molecule has 0 bridgehead atoms. The highest BCUT2D eigenvalue weighted by Gasteiger charge is 2.17. The fourth-order valence-corrected chi connectivity index (χ4v) is 3.10. The molecule has 1 heterocycles. The van der Waals surface area contributed by atoms with Crippen molar-refractivity contribution in [3.8, 4) is 0 Å². The Morgan fingerprint density at radius 2 is 2.29 bits per heavy atom. The van der Waals surface area contributed by atoms with Crippen LogP contribution in [0.5, 0.6) is 0 Å². The Hall–Kier alpha value is -0.830. The van der Waals surface area contributed by atoms with Crippen LogP contribution in [0, 0.1) is 5.92 Å². The molecule has 1 amide bonds. The molecule has 1 saturated heterocycles. The number of rotatable bonds is 5. The van der Waals surface area contributed by atoms with Gasteiger partial charge in [0.1, 0.15) is 0 Å². The normalized spacial score (nSPS) is 18.0. The van der Waals surface area contributed by atoms with Crippen molar-refractivity contribution < 1.29 is 4.79 Å². The van der Waals surface area contributed by atoms with Gasteiger partial charge in [-0.05, 0) is 43.4 Å². The van der Waals surface area contributed by atoms with Crippen molar-refractivity contribution >= 4 is 51.8 Å². The number of likely N-dealkylation sites (tertiary alicyclic amines) is 1. The first kappa shape index (κ1) is 21.2. The summed E-state index contributed by atoms with van der Waals surface area (Å²) in [6, 6.07) is 7.36. The standard InChI is InChI=1S/C17H25BrN4O.HI/c1-13-5-3-10-22(12-13)17(19)21-9-4-8-20-16(23)14-6-2-7-15(18)11-14;/h2,6-7,11,13H,3-5,8-10,12H2,1H3,(H2,19,21)(H,20,23);1H. The van der Waals surface area contributed by atoms with Crippen LogP contribution in [0.3, 0.4) is 0 Å². The first-order valence-electron chi connectivity index (χ1n) is 8.15. The number of nitrogens with two attached hydrogens (primary N) is 1. The molecule has 7 heteroatoms. The highest BCUT2D eigenvalue weighted by molar-refractivity contribution is 14.0. The van der Waals surface area contributed by atoms with Crippen molar-refractivity contribution in [2.24, 2.45) is 16.6 Å². The second-order valence-electron chi connectivity index (χ2n) is 6.05. The number of hydrogen-bond acceptors (Lipinski definition) is 2. The van der Waals surface area contributed by atoms with Crippen molar-refractivity contribution in [1.82, 2.24) is 10.2 Å². The van der Waals surface area contributed by atoms with Crippen molar-refractivity contribution in [1.29, 1.82) is 0 Å². The lowest BCUT2D eigenvalue weighted by atomic mass is 10.0. The zero-order valence-electron chi connectivity index (χ0n) is 14.0. The molecule has 1 aliphatic heterocycles. The Morgan fingerprint density at radius 1 is 1.50 bits per heavy atom. The zero-order chi connectivity index (χ0) is 16.7. The molecule has 134 valence electrons. The van der Waals surface area contributed by atoms with E-state index in [1.165, 1.54) is 12.8 Å². The lowest BCUT2D eigenvalue weighted by molar-refractivity contribution is 0.0953. The van der Waals surface area contributed by atoms with Crippen LogP contribution in [0.4, 0.5) is 0 Å². The van der Waals surface area contributed by atoms with Crippen LogP contribution >= 0.6 is 39.9 Å². The molecule has 24 heavy (non-hydrogen) atoms. The van der Waals surface area contributed by atoms with Gasteiger partial charge in [-0.25, -0.2) is 0 Å². The number of piperidine rings is 1. The van der Waals surface area contributed by atoms with Crippen LogP contribution in [0.25, 0.3) is 0 Å². The largest absolute Gasteiger partial charge is 0.370 e. The summed E-state index contributed by atoms with van der Waals surface area (Å²) in [5.74, 6) is 1.25. The maximum absolute atomic E-state index is 12.0. The number of hydrogen-bond donors (Lipinski definition) is 2. The van der Waals surface area contributed by atoms with Crippen molar-refractivity contribution in [3.05, 3.63) is 34.3 Å². The SMILES string of the molecule is CC1CCCN(C(N)=NCCCNC(=O)c2cccc(Br)c2)C1.I. The molecule has 1 fully saturated rings. The van der Waals surface area contributed by atoms with E-state index in [0.717, 1.165) is 24.0 Å². The fraction of sp³-hybridized carbons (Fsp3) is 0.529. The maximum Gasteiger partial charge on any atom is 0.251 e. The topological polar surface area (TPSA) is 70.7 Å². The van der Waals surface area contributed by atoms with E-state index in [2.05, 4.69) is 38.1 Å². The van der Waals surface area contributed by atoms with E-state index in [1.807, 2.05) is 18.2 Å². The molecule has 1 aromatic rings. The Kier molecular flexibility index (Phi) is 9.65. The predicted molar refractivity (Wildman–Crippen MR) is 113 cm³/mol. The van der Waals surface area contributed by atoms with E-state index in [0.29, 0.717) is 30.5 Å². The van der Waals surface area contributed by atoms with Gasteiger partial charge in [-0.3, -0.25) is 9.79 Å². The van der Waals surface area contributed by atoms with Gasteiger partial charge in [0, 0.05) is 36.2 Å². The summed E-state index contributed by atoms with van der Waals surface area (Å²) in [6.07, 6.45) is 3.23. The summed E-state index contributed by atoms with van der Waals surface area (Å²) >= 11 is 3.37. The average Bonchev–Trinajstić information content (AvgIpc) is 2.54. The highest BCUT2D eigenvalue weighted by atomic mass is 127. The lowest BCUT2D eigenvalue weighted by Gasteiger charge is -2.31. The number of amides is 1. The van der Waals surface area contributed by atoms with E-state index in [1.54, 1.807) is 6.07 Å². The molecule has 1 aromatic carbocycles. The number of guanidine groups is 1. The first-order chi connectivity index (χ1) is 11.1. The van der Waals surface area contributed by atoms with Gasteiger partial charge < -0.3 is 16.0 Å². The van der Waals surface area contributed by atoms with Crippen LogP contribution < -0.4 is 11.1 Å². The van der Waals surface area contributed by atoms with Gasteiger partial charge in [0.2, 0.25) is 0 Å². The number of nitrogens with zero attached hydrogens (tertiary/aromatic N) is 2. The Bertz CT molecular complexity index is 567. The van der Waals surface area contributed by atoms with E-state index in [-0.39, 0.29) is 29.9 Å². The zero-order valence-corrected chi connectivity index (χ0v) is 17.9. The minimum absolute atomic E-state index is 0. The van der Waals surface area contributed by atoms with E-state index >= 15 is 0 Å². The molecular weight excluding hydrogens is 483 g/mol. The van der Waals surface area contributed by atoms with Crippen LogP contribution in [0.15, 0.2) is 33.7 Å². The Morgan fingerprint density at radius 3 is 3.00 bits per heavy atom. The minimum Gasteiger partial charge on any atom is -0.370 e. The summed E-state index contributed by atoms with van der Waals surface area (Å²) in [5, 5.41) is 2.90. The second-order valence-corrected chi connectivity index (χ2v) is 6.97. The molecule has 0 saturated carbocycles. The molecular formula is C17H26BrIN4O. The molecule has 1 aliphatic rings.